The number of hydrogen-bond donors (Lipinski definition) is 2. The summed E-state index contributed by atoms with van der Waals surface area (Å²) in [6.45, 7) is 3.22. The number of halogens is 1. The van der Waals surface area contributed by atoms with Gasteiger partial charge in [-0.05, 0) is 48.9 Å². The molecular weight excluding hydrogens is 481 g/mol. The highest BCUT2D eigenvalue weighted by molar-refractivity contribution is 5.93. The highest BCUT2D eigenvalue weighted by atomic mass is 19.1. The molecule has 2 atom stereocenters. The number of ether oxygens (including phenoxy) is 1. The van der Waals surface area contributed by atoms with Crippen molar-refractivity contribution in [3.63, 3.8) is 0 Å². The molecule has 0 bridgehead atoms. The number of carbonyl (C=O) groups excluding carboxylic acids is 2. The quantitative estimate of drug-likeness (QED) is 0.313. The molecule has 10 heteroatoms. The third-order valence-electron chi connectivity index (χ3n) is 8.24. The van der Waals surface area contributed by atoms with Gasteiger partial charge in [0.25, 0.3) is 5.56 Å². The molecule has 2 aliphatic heterocycles. The number of carbonyl (C=O) groups is 2. The van der Waals surface area contributed by atoms with Gasteiger partial charge in [0.2, 0.25) is 6.41 Å². The van der Waals surface area contributed by atoms with E-state index in [-0.39, 0.29) is 49.7 Å². The monoisotopic (exact) mass is 507 g/mol. The van der Waals surface area contributed by atoms with E-state index in [4.69, 9.17) is 9.72 Å². The first-order chi connectivity index (χ1) is 17.7. The molecule has 0 unspecified atom stereocenters. The Bertz CT molecular complexity index is 1580. The molecule has 0 spiro atoms. The highest BCUT2D eigenvalue weighted by Gasteiger charge is 2.46. The summed E-state index contributed by atoms with van der Waals surface area (Å²) in [6.07, 6.45) is 1.80. The van der Waals surface area contributed by atoms with Crippen molar-refractivity contribution in [2.24, 2.45) is 0 Å². The Labute approximate surface area is 211 Å². The van der Waals surface area contributed by atoms with Crippen molar-refractivity contribution in [3.8, 4) is 11.4 Å². The lowest BCUT2D eigenvalue weighted by Crippen LogP contribution is -2.44. The first kappa shape index (κ1) is 23.7. The van der Waals surface area contributed by atoms with Crippen molar-refractivity contribution in [1.82, 2.24) is 14.5 Å². The first-order valence-corrected chi connectivity index (χ1v) is 12.4. The number of benzene rings is 1. The number of aliphatic hydroxyl groups is 2. The fraction of sp³-hybridized carbons (Fsp3) is 0.407. The smallest absolute Gasteiger partial charge is 0.343 e. The van der Waals surface area contributed by atoms with Gasteiger partial charge in [-0.25, -0.2) is 14.2 Å². The molecule has 4 heterocycles. The van der Waals surface area contributed by atoms with Gasteiger partial charge in [0.1, 0.15) is 12.4 Å². The molecule has 6 rings (SSSR count). The minimum atomic E-state index is -1.95. The maximum absolute atomic E-state index is 14.9. The summed E-state index contributed by atoms with van der Waals surface area (Å²) in [6, 6.07) is 2.60. The van der Waals surface area contributed by atoms with Gasteiger partial charge in [0, 0.05) is 29.1 Å². The molecular formula is C27H26FN3O6. The molecule has 9 nitrogen and oxygen atoms in total. The predicted molar refractivity (Wildman–Crippen MR) is 130 cm³/mol. The maximum atomic E-state index is 14.9. The number of amides is 1. The third kappa shape index (κ3) is 3.09. The Kier molecular flexibility index (Phi) is 5.26. The lowest BCUT2D eigenvalue weighted by molar-refractivity contribution is -0.172. The Morgan fingerprint density at radius 1 is 1.30 bits per heavy atom. The van der Waals surface area contributed by atoms with Crippen LogP contribution in [0, 0.1) is 12.7 Å². The van der Waals surface area contributed by atoms with Crippen LogP contribution in [-0.2, 0) is 39.5 Å². The van der Waals surface area contributed by atoms with E-state index in [2.05, 4.69) is 0 Å². The minimum Gasteiger partial charge on any atom is -0.458 e. The second-order valence-electron chi connectivity index (χ2n) is 9.93. The fourth-order valence-electron chi connectivity index (χ4n) is 6.26. The van der Waals surface area contributed by atoms with E-state index in [0.29, 0.717) is 41.7 Å². The van der Waals surface area contributed by atoms with Crippen LogP contribution in [0.3, 0.4) is 0 Å². The van der Waals surface area contributed by atoms with E-state index in [1.807, 2.05) is 0 Å². The van der Waals surface area contributed by atoms with Gasteiger partial charge in [0.05, 0.1) is 41.7 Å². The zero-order chi connectivity index (χ0) is 26.2. The summed E-state index contributed by atoms with van der Waals surface area (Å²) < 4.78 is 21.6. The summed E-state index contributed by atoms with van der Waals surface area (Å²) in [5.74, 6) is -1.19. The molecule has 192 valence electrons. The van der Waals surface area contributed by atoms with Crippen LogP contribution in [0.5, 0.6) is 0 Å². The largest absolute Gasteiger partial charge is 0.458 e. The second-order valence-corrected chi connectivity index (χ2v) is 9.93. The van der Waals surface area contributed by atoms with Crippen LogP contribution in [0.15, 0.2) is 16.9 Å². The Hall–Kier alpha value is -3.63. The minimum absolute atomic E-state index is 0.0242. The summed E-state index contributed by atoms with van der Waals surface area (Å²) >= 11 is 0. The summed E-state index contributed by atoms with van der Waals surface area (Å²) in [5, 5.41) is 21.5. The number of pyridine rings is 2. The molecule has 1 aliphatic carbocycles. The van der Waals surface area contributed by atoms with E-state index < -0.39 is 23.2 Å². The van der Waals surface area contributed by atoms with Crippen molar-refractivity contribution >= 4 is 23.3 Å². The Morgan fingerprint density at radius 3 is 2.78 bits per heavy atom. The zero-order valence-electron chi connectivity index (χ0n) is 20.5. The van der Waals surface area contributed by atoms with Crippen molar-refractivity contribution < 1.29 is 28.9 Å². The summed E-state index contributed by atoms with van der Waals surface area (Å²) in [7, 11) is 0. The van der Waals surface area contributed by atoms with E-state index in [1.54, 1.807) is 19.9 Å². The fourth-order valence-corrected chi connectivity index (χ4v) is 6.26. The second kappa shape index (κ2) is 8.19. The van der Waals surface area contributed by atoms with Crippen molar-refractivity contribution in [2.45, 2.75) is 57.9 Å². The van der Waals surface area contributed by atoms with Crippen molar-refractivity contribution in [1.29, 1.82) is 0 Å². The normalized spacial score (nSPS) is 21.3. The number of nitrogens with zero attached hydrogens (tertiary/aromatic N) is 3. The molecule has 3 aliphatic rings. The summed E-state index contributed by atoms with van der Waals surface area (Å²) in [4.78, 5) is 44.5. The zero-order valence-corrected chi connectivity index (χ0v) is 20.5. The lowest BCUT2D eigenvalue weighted by atomic mass is 9.81. The van der Waals surface area contributed by atoms with Gasteiger partial charge in [0.15, 0.2) is 5.60 Å². The Balaban J connectivity index is 1.68. The van der Waals surface area contributed by atoms with Gasteiger partial charge in [-0.3, -0.25) is 9.59 Å². The lowest BCUT2D eigenvalue weighted by Gasteiger charge is -2.35. The van der Waals surface area contributed by atoms with Gasteiger partial charge in [-0.15, -0.1) is 0 Å². The van der Waals surface area contributed by atoms with E-state index in [0.717, 1.165) is 22.1 Å². The molecule has 1 aromatic carbocycles. The average Bonchev–Trinajstić information content (AvgIpc) is 3.27. The predicted octanol–water partition coefficient (Wildman–Crippen LogP) is 1.97. The van der Waals surface area contributed by atoms with Crippen LogP contribution >= 0.6 is 0 Å². The van der Waals surface area contributed by atoms with Crippen LogP contribution in [0.1, 0.15) is 59.2 Å². The van der Waals surface area contributed by atoms with Crippen molar-refractivity contribution in [3.05, 3.63) is 61.7 Å². The van der Waals surface area contributed by atoms with Gasteiger partial charge in [-0.1, -0.05) is 6.92 Å². The third-order valence-corrected chi connectivity index (χ3v) is 8.24. The molecule has 3 aromatic rings. The van der Waals surface area contributed by atoms with Crippen LogP contribution in [-0.4, -0.2) is 50.2 Å². The number of rotatable bonds is 5. The van der Waals surface area contributed by atoms with Crippen LogP contribution < -0.4 is 5.56 Å². The van der Waals surface area contributed by atoms with E-state index >= 15 is 0 Å². The highest BCUT2D eigenvalue weighted by Crippen LogP contribution is 2.47. The molecule has 37 heavy (non-hydrogen) atoms. The van der Waals surface area contributed by atoms with Gasteiger partial charge >= 0.3 is 5.97 Å². The molecule has 2 N–H and O–H groups in total. The van der Waals surface area contributed by atoms with Crippen LogP contribution in [0.2, 0.25) is 0 Å². The van der Waals surface area contributed by atoms with E-state index in [9.17, 15) is 29.0 Å². The average molecular weight is 508 g/mol. The molecule has 0 fully saturated rings. The van der Waals surface area contributed by atoms with Crippen LogP contribution in [0.25, 0.3) is 22.3 Å². The number of cyclic esters (lactones) is 1. The molecule has 0 radical (unpaired) electrons. The SMILES string of the molecule is CC[C@@]1(O)C(=O)OCc2c1cc1n(c2=O)Cc2c-1nc1cc(F)c(C)c3c1c2[C@@H](N(C=O)CCO)CC3. The number of aromatic nitrogens is 2. The molecule has 1 amide bonds. The summed E-state index contributed by atoms with van der Waals surface area (Å²) in [5.41, 5.74) is 2.25. The number of aryl methyl sites for hydroxylation is 1. The number of aliphatic hydroxyl groups excluding tert-OH is 1. The van der Waals surface area contributed by atoms with Crippen molar-refractivity contribution in [2.75, 3.05) is 13.2 Å². The van der Waals surface area contributed by atoms with Gasteiger partial charge in [-0.2, -0.15) is 0 Å². The van der Waals surface area contributed by atoms with Gasteiger partial charge < -0.3 is 24.4 Å². The number of fused-ring (bicyclic) bond motifs is 5. The standard InChI is InChI=1S/C27H26FN3O6/c1-3-27(36)17-8-21-24-15(10-31(21)25(34)16(17)11-37-26(27)35)23-20(30(12-33)6-7-32)5-4-14-13(2)18(28)9-19(29-24)22(14)23/h8-9,12,20,32,36H,3-7,10-11H2,1-2H3/t20-,27-/m0/s1. The Morgan fingerprint density at radius 2 is 2.08 bits per heavy atom. The number of hydrogen-bond acceptors (Lipinski definition) is 7. The first-order valence-electron chi connectivity index (χ1n) is 12.4. The topological polar surface area (TPSA) is 122 Å². The molecule has 0 saturated carbocycles. The van der Waals surface area contributed by atoms with E-state index in [1.165, 1.54) is 15.5 Å². The molecule has 0 saturated heterocycles. The van der Waals surface area contributed by atoms with Crippen LogP contribution in [0.4, 0.5) is 4.39 Å². The maximum Gasteiger partial charge on any atom is 0.343 e. The number of esters is 1. The molecule has 2 aromatic heterocycles.